The van der Waals surface area contributed by atoms with Crippen LogP contribution < -0.4 is 10.6 Å². The number of carbonyl (C=O) groups excluding carboxylic acids is 2. The zero-order chi connectivity index (χ0) is 17.6. The summed E-state index contributed by atoms with van der Waals surface area (Å²) in [5, 5.41) is 12.8. The van der Waals surface area contributed by atoms with Crippen molar-refractivity contribution < 1.29 is 27.5 Å². The van der Waals surface area contributed by atoms with Crippen molar-refractivity contribution in [3.05, 3.63) is 11.6 Å². The second kappa shape index (κ2) is 7.97. The minimum Gasteiger partial charge on any atom is -0.440 e. The largest absolute Gasteiger partial charge is 0.440 e. The predicted octanol–water partition coefficient (Wildman–Crippen LogP) is 0.909. The van der Waals surface area contributed by atoms with Crippen LogP contribution in [0, 0.1) is 0 Å². The van der Waals surface area contributed by atoms with E-state index in [0.717, 1.165) is 31.6 Å². The molecule has 0 fully saturated rings. The Morgan fingerprint density at radius 3 is 2.75 bits per heavy atom. The maximum Gasteiger partial charge on any atom is 0.422 e. The Bertz CT molecular complexity index is 588. The van der Waals surface area contributed by atoms with E-state index in [2.05, 4.69) is 25.6 Å². The molecule has 0 aliphatic carbocycles. The van der Waals surface area contributed by atoms with Crippen molar-refractivity contribution >= 4 is 12.0 Å². The van der Waals surface area contributed by atoms with Gasteiger partial charge in [0, 0.05) is 25.9 Å². The lowest BCUT2D eigenvalue weighted by molar-refractivity contribution is -0.160. The molecule has 24 heavy (non-hydrogen) atoms. The van der Waals surface area contributed by atoms with Gasteiger partial charge in [-0.15, -0.1) is 10.2 Å². The number of halogens is 3. The number of ether oxygens (including phenoxy) is 1. The number of nitrogens with one attached hydrogen (secondary N) is 2. The van der Waals surface area contributed by atoms with Crippen LogP contribution in [0.2, 0.25) is 0 Å². The van der Waals surface area contributed by atoms with Gasteiger partial charge in [-0.05, 0) is 12.8 Å². The minimum absolute atomic E-state index is 0.0812. The first-order valence-corrected chi connectivity index (χ1v) is 7.50. The Balaban J connectivity index is 1.63. The number of amides is 2. The van der Waals surface area contributed by atoms with Crippen LogP contribution in [0.1, 0.15) is 30.9 Å². The van der Waals surface area contributed by atoms with E-state index in [4.69, 9.17) is 0 Å². The lowest BCUT2D eigenvalue weighted by Gasteiger charge is -2.14. The number of carbonyl (C=O) groups is 2. The lowest BCUT2D eigenvalue weighted by atomic mass is 10.2. The molecule has 0 aromatic carbocycles. The molecule has 2 rings (SSSR count). The number of aryl methyl sites for hydroxylation is 1. The number of alkyl halides is 3. The molecule has 2 heterocycles. The highest BCUT2D eigenvalue weighted by Gasteiger charge is 2.29. The first-order valence-electron chi connectivity index (χ1n) is 7.50. The molecule has 0 saturated heterocycles. The SMILES string of the molecule is O=C(CCNC(=O)OCC(F)(F)F)NCc1nnc2n1CCCC2. The second-order valence-corrected chi connectivity index (χ2v) is 5.29. The fraction of sp³-hybridized carbons (Fsp3) is 0.692. The van der Waals surface area contributed by atoms with E-state index >= 15 is 0 Å². The molecule has 134 valence electrons. The van der Waals surface area contributed by atoms with E-state index in [1.54, 1.807) is 0 Å². The molecule has 1 aromatic rings. The van der Waals surface area contributed by atoms with E-state index in [1.165, 1.54) is 0 Å². The zero-order valence-electron chi connectivity index (χ0n) is 12.9. The van der Waals surface area contributed by atoms with Crippen LogP contribution in [0.15, 0.2) is 0 Å². The van der Waals surface area contributed by atoms with Crippen LogP contribution in [0.5, 0.6) is 0 Å². The molecule has 8 nitrogen and oxygen atoms in total. The van der Waals surface area contributed by atoms with Crippen LogP contribution >= 0.6 is 0 Å². The van der Waals surface area contributed by atoms with Gasteiger partial charge >= 0.3 is 12.3 Å². The normalized spacial score (nSPS) is 14.0. The second-order valence-electron chi connectivity index (χ2n) is 5.29. The monoisotopic (exact) mass is 349 g/mol. The quantitative estimate of drug-likeness (QED) is 0.795. The molecule has 0 bridgehead atoms. The summed E-state index contributed by atoms with van der Waals surface area (Å²) in [6.07, 6.45) is -2.90. The smallest absolute Gasteiger partial charge is 0.422 e. The van der Waals surface area contributed by atoms with E-state index in [9.17, 15) is 22.8 Å². The molecule has 0 unspecified atom stereocenters. The lowest BCUT2D eigenvalue weighted by Crippen LogP contribution is -2.33. The summed E-state index contributed by atoms with van der Waals surface area (Å²) in [6.45, 7) is -0.756. The standard InChI is InChI=1S/C13H18F3N5O3/c14-13(15,16)8-24-12(23)17-5-4-11(22)18-7-10-20-19-9-3-1-2-6-21(9)10/h1-8H2,(H,17,23)(H,18,22). The van der Waals surface area contributed by atoms with Gasteiger partial charge in [0.2, 0.25) is 5.91 Å². The zero-order valence-corrected chi connectivity index (χ0v) is 12.9. The summed E-state index contributed by atoms with van der Waals surface area (Å²) in [6, 6.07) is 0. The fourth-order valence-corrected chi connectivity index (χ4v) is 2.24. The Morgan fingerprint density at radius 1 is 1.21 bits per heavy atom. The van der Waals surface area contributed by atoms with Crippen molar-refractivity contribution in [2.45, 2.75) is 44.9 Å². The molecule has 0 saturated carbocycles. The van der Waals surface area contributed by atoms with Crippen LogP contribution in [0.25, 0.3) is 0 Å². The van der Waals surface area contributed by atoms with Gasteiger partial charge in [-0.25, -0.2) is 4.79 Å². The number of rotatable bonds is 6. The third-order valence-electron chi connectivity index (χ3n) is 3.37. The van der Waals surface area contributed by atoms with Crippen LogP contribution in [-0.4, -0.2) is 46.1 Å². The fourth-order valence-electron chi connectivity index (χ4n) is 2.24. The highest BCUT2D eigenvalue weighted by atomic mass is 19.4. The van der Waals surface area contributed by atoms with E-state index in [1.807, 2.05) is 4.57 Å². The Hall–Kier alpha value is -2.33. The average molecular weight is 349 g/mol. The van der Waals surface area contributed by atoms with Crippen LogP contribution in [0.3, 0.4) is 0 Å². The number of nitrogens with zero attached hydrogens (tertiary/aromatic N) is 3. The first-order chi connectivity index (χ1) is 11.3. The van der Waals surface area contributed by atoms with Crippen molar-refractivity contribution in [1.29, 1.82) is 0 Å². The molecule has 0 radical (unpaired) electrons. The molecule has 2 amide bonds. The first kappa shape index (κ1) is 18.0. The number of hydrogen-bond acceptors (Lipinski definition) is 5. The number of aromatic nitrogens is 3. The van der Waals surface area contributed by atoms with Crippen LogP contribution in [0.4, 0.5) is 18.0 Å². The Labute approximate surface area is 135 Å². The summed E-state index contributed by atoms with van der Waals surface area (Å²) >= 11 is 0. The van der Waals surface area contributed by atoms with E-state index in [-0.39, 0.29) is 25.4 Å². The average Bonchev–Trinajstić information content (AvgIpc) is 2.93. The maximum absolute atomic E-state index is 11.8. The number of fused-ring (bicyclic) bond motifs is 1. The molecule has 1 aliphatic rings. The third kappa shape index (κ3) is 5.70. The summed E-state index contributed by atoms with van der Waals surface area (Å²) in [7, 11) is 0. The minimum atomic E-state index is -4.58. The van der Waals surface area contributed by atoms with Gasteiger partial charge in [-0.1, -0.05) is 0 Å². The van der Waals surface area contributed by atoms with Crippen molar-refractivity contribution in [3.63, 3.8) is 0 Å². The molecule has 1 aliphatic heterocycles. The highest BCUT2D eigenvalue weighted by Crippen LogP contribution is 2.14. The van der Waals surface area contributed by atoms with Gasteiger partial charge in [0.25, 0.3) is 0 Å². The molecule has 2 N–H and O–H groups in total. The molecular formula is C13H18F3N5O3. The van der Waals surface area contributed by atoms with Crippen molar-refractivity contribution in [2.24, 2.45) is 0 Å². The Kier molecular flexibility index (Phi) is 5.99. The van der Waals surface area contributed by atoms with Crippen LogP contribution in [-0.2, 0) is 29.0 Å². The Morgan fingerprint density at radius 2 is 2.00 bits per heavy atom. The van der Waals surface area contributed by atoms with Gasteiger partial charge in [0.05, 0.1) is 6.54 Å². The summed E-state index contributed by atoms with van der Waals surface area (Å²) in [4.78, 5) is 22.7. The molecule has 11 heteroatoms. The molecule has 0 spiro atoms. The molecule has 0 atom stereocenters. The summed E-state index contributed by atoms with van der Waals surface area (Å²) in [5.41, 5.74) is 0. The van der Waals surface area contributed by atoms with Gasteiger partial charge < -0.3 is 19.9 Å². The highest BCUT2D eigenvalue weighted by molar-refractivity contribution is 5.76. The van der Waals surface area contributed by atoms with E-state index in [0.29, 0.717) is 5.82 Å². The summed E-state index contributed by atoms with van der Waals surface area (Å²) in [5.74, 6) is 1.20. The van der Waals surface area contributed by atoms with Gasteiger partial charge in [0.15, 0.2) is 12.4 Å². The molecule has 1 aromatic heterocycles. The van der Waals surface area contributed by atoms with Crippen molar-refractivity contribution in [2.75, 3.05) is 13.2 Å². The van der Waals surface area contributed by atoms with Crippen molar-refractivity contribution in [3.8, 4) is 0 Å². The number of hydrogen-bond donors (Lipinski definition) is 2. The topological polar surface area (TPSA) is 98.1 Å². The molecular weight excluding hydrogens is 331 g/mol. The van der Waals surface area contributed by atoms with E-state index < -0.39 is 18.9 Å². The summed E-state index contributed by atoms with van der Waals surface area (Å²) < 4.78 is 41.4. The predicted molar refractivity (Wildman–Crippen MR) is 74.8 cm³/mol. The third-order valence-corrected chi connectivity index (χ3v) is 3.37. The van der Waals surface area contributed by atoms with Crippen molar-refractivity contribution in [1.82, 2.24) is 25.4 Å². The van der Waals surface area contributed by atoms with Gasteiger partial charge in [-0.2, -0.15) is 13.2 Å². The maximum atomic E-state index is 11.8. The number of alkyl carbamates (subject to hydrolysis) is 1. The van der Waals surface area contributed by atoms with Gasteiger partial charge in [-0.3, -0.25) is 4.79 Å². The van der Waals surface area contributed by atoms with Gasteiger partial charge in [0.1, 0.15) is 5.82 Å².